The number of para-hydroxylation sites is 2. The highest BCUT2D eigenvalue weighted by Crippen LogP contribution is 2.20. The van der Waals surface area contributed by atoms with Crippen LogP contribution in [0.5, 0.6) is 0 Å². The van der Waals surface area contributed by atoms with Gasteiger partial charge in [0.05, 0.1) is 11.0 Å². The number of imidazole rings is 1. The molecule has 0 aliphatic heterocycles. The van der Waals surface area contributed by atoms with E-state index in [1.165, 1.54) is 0 Å². The summed E-state index contributed by atoms with van der Waals surface area (Å²) in [5.74, 6) is 2.01. The standard InChI is InChI=1S/C9H9N2S/c1-2-12-9-10-7-5-3-4-6-8(7)11-9/h2-6H,1H3,(H,10,11). The largest absolute Gasteiger partial charge is 0.333 e. The van der Waals surface area contributed by atoms with Crippen LogP contribution in [0, 0.1) is 5.75 Å². The lowest BCUT2D eigenvalue weighted by Crippen LogP contribution is -1.69. The van der Waals surface area contributed by atoms with E-state index in [4.69, 9.17) is 0 Å². The Morgan fingerprint density at radius 1 is 1.42 bits per heavy atom. The molecular weight excluding hydrogens is 168 g/mol. The van der Waals surface area contributed by atoms with Gasteiger partial charge in [-0.1, -0.05) is 30.8 Å². The number of hydrogen-bond donors (Lipinski definition) is 1. The average Bonchev–Trinajstić information content (AvgIpc) is 2.47. The summed E-state index contributed by atoms with van der Waals surface area (Å²) < 4.78 is 0. The minimum absolute atomic E-state index is 0.957. The zero-order valence-corrected chi connectivity index (χ0v) is 7.56. The quantitative estimate of drug-likeness (QED) is 0.714. The van der Waals surface area contributed by atoms with Gasteiger partial charge in [0, 0.05) is 5.75 Å². The minimum Gasteiger partial charge on any atom is -0.333 e. The van der Waals surface area contributed by atoms with Crippen molar-refractivity contribution >= 4 is 22.8 Å². The number of hydrogen-bond acceptors (Lipinski definition) is 2. The first-order chi connectivity index (χ1) is 5.90. The lowest BCUT2D eigenvalue weighted by molar-refractivity contribution is 1.08. The zero-order chi connectivity index (χ0) is 8.39. The van der Waals surface area contributed by atoms with Gasteiger partial charge in [-0.25, -0.2) is 4.98 Å². The lowest BCUT2D eigenvalue weighted by atomic mass is 10.3. The van der Waals surface area contributed by atoms with Gasteiger partial charge in [0.1, 0.15) is 0 Å². The Morgan fingerprint density at radius 2 is 2.25 bits per heavy atom. The maximum atomic E-state index is 4.38. The molecule has 2 nitrogen and oxygen atoms in total. The topological polar surface area (TPSA) is 28.7 Å². The second-order valence-electron chi connectivity index (χ2n) is 2.41. The third-order valence-electron chi connectivity index (χ3n) is 1.60. The maximum Gasteiger partial charge on any atom is 0.166 e. The molecule has 0 saturated carbocycles. The van der Waals surface area contributed by atoms with E-state index in [0.717, 1.165) is 16.2 Å². The first kappa shape index (κ1) is 7.68. The molecule has 1 heterocycles. The van der Waals surface area contributed by atoms with Gasteiger partial charge in [-0.15, -0.1) is 0 Å². The molecule has 0 fully saturated rings. The normalized spacial score (nSPS) is 10.8. The SMILES string of the molecule is C[CH]Sc1nc2ccccc2[nH]1. The van der Waals surface area contributed by atoms with Crippen LogP contribution in [0.15, 0.2) is 29.4 Å². The highest BCUT2D eigenvalue weighted by Gasteiger charge is 1.99. The van der Waals surface area contributed by atoms with Crippen molar-refractivity contribution in [2.45, 2.75) is 12.1 Å². The Balaban J connectivity index is 2.47. The van der Waals surface area contributed by atoms with Crippen LogP contribution >= 0.6 is 11.8 Å². The summed E-state index contributed by atoms with van der Waals surface area (Å²) in [4.78, 5) is 7.60. The fourth-order valence-electron chi connectivity index (χ4n) is 1.10. The van der Waals surface area contributed by atoms with E-state index < -0.39 is 0 Å². The van der Waals surface area contributed by atoms with Crippen LogP contribution in [0.1, 0.15) is 6.92 Å². The van der Waals surface area contributed by atoms with Crippen LogP contribution in [0.2, 0.25) is 0 Å². The Labute approximate surface area is 75.4 Å². The van der Waals surface area contributed by atoms with E-state index in [1.807, 2.05) is 36.9 Å². The summed E-state index contributed by atoms with van der Waals surface area (Å²) in [7, 11) is 0. The van der Waals surface area contributed by atoms with Crippen molar-refractivity contribution in [3.8, 4) is 0 Å². The molecule has 0 spiro atoms. The second kappa shape index (κ2) is 3.19. The molecule has 2 aromatic rings. The molecule has 12 heavy (non-hydrogen) atoms. The molecule has 0 saturated heterocycles. The fourth-order valence-corrected chi connectivity index (χ4v) is 1.64. The molecule has 3 heteroatoms. The number of thioether (sulfide) groups is 1. The molecule has 61 valence electrons. The molecule has 1 N–H and O–H groups in total. The molecule has 0 aliphatic carbocycles. The number of nitrogens with zero attached hydrogens (tertiary/aromatic N) is 1. The number of aromatic amines is 1. The number of fused-ring (bicyclic) bond motifs is 1. The molecule has 0 unspecified atom stereocenters. The number of rotatable bonds is 2. The van der Waals surface area contributed by atoms with Crippen molar-refractivity contribution in [1.29, 1.82) is 0 Å². The zero-order valence-electron chi connectivity index (χ0n) is 6.74. The van der Waals surface area contributed by atoms with E-state index in [1.54, 1.807) is 11.8 Å². The minimum atomic E-state index is 0.957. The van der Waals surface area contributed by atoms with E-state index in [2.05, 4.69) is 9.97 Å². The van der Waals surface area contributed by atoms with Gasteiger partial charge in [0.25, 0.3) is 0 Å². The average molecular weight is 177 g/mol. The summed E-state index contributed by atoms with van der Waals surface area (Å²) in [5.41, 5.74) is 2.13. The Morgan fingerprint density at radius 3 is 3.00 bits per heavy atom. The number of nitrogens with one attached hydrogen (secondary N) is 1. The second-order valence-corrected chi connectivity index (χ2v) is 3.51. The van der Waals surface area contributed by atoms with Crippen LogP contribution in [0.25, 0.3) is 11.0 Å². The molecule has 2 rings (SSSR count). The van der Waals surface area contributed by atoms with E-state index in [0.29, 0.717) is 0 Å². The summed E-state index contributed by atoms with van der Waals surface area (Å²) in [6.45, 7) is 2.00. The Hall–Kier alpha value is -0.960. The smallest absolute Gasteiger partial charge is 0.166 e. The fraction of sp³-hybridized carbons (Fsp3) is 0.111. The van der Waals surface area contributed by atoms with Crippen molar-refractivity contribution in [3.63, 3.8) is 0 Å². The van der Waals surface area contributed by atoms with Crippen molar-refractivity contribution in [3.05, 3.63) is 30.0 Å². The van der Waals surface area contributed by atoms with Gasteiger partial charge >= 0.3 is 0 Å². The number of H-pyrrole nitrogens is 1. The summed E-state index contributed by atoms with van der Waals surface area (Å²) >= 11 is 1.61. The van der Waals surface area contributed by atoms with Crippen molar-refractivity contribution in [2.75, 3.05) is 0 Å². The van der Waals surface area contributed by atoms with Crippen molar-refractivity contribution in [1.82, 2.24) is 9.97 Å². The predicted octanol–water partition coefficient (Wildman–Crippen LogP) is 2.84. The summed E-state index contributed by atoms with van der Waals surface area (Å²) in [6, 6.07) is 8.03. The maximum absolute atomic E-state index is 4.38. The van der Waals surface area contributed by atoms with Crippen LogP contribution in [0.4, 0.5) is 0 Å². The van der Waals surface area contributed by atoms with E-state index >= 15 is 0 Å². The van der Waals surface area contributed by atoms with Crippen LogP contribution in [0.3, 0.4) is 0 Å². The highest BCUT2D eigenvalue weighted by molar-refractivity contribution is 8.01. The summed E-state index contributed by atoms with van der Waals surface area (Å²) in [6.07, 6.45) is 0. The van der Waals surface area contributed by atoms with E-state index in [9.17, 15) is 0 Å². The molecule has 1 aromatic heterocycles. The van der Waals surface area contributed by atoms with Gasteiger partial charge in [-0.05, 0) is 12.1 Å². The van der Waals surface area contributed by atoms with Crippen LogP contribution in [-0.2, 0) is 0 Å². The third kappa shape index (κ3) is 1.32. The molecular formula is C9H9N2S. The van der Waals surface area contributed by atoms with Gasteiger partial charge in [0.15, 0.2) is 5.16 Å². The first-order valence-electron chi connectivity index (χ1n) is 3.79. The van der Waals surface area contributed by atoms with Gasteiger partial charge < -0.3 is 4.98 Å². The molecule has 0 bridgehead atoms. The lowest BCUT2D eigenvalue weighted by Gasteiger charge is -1.86. The molecule has 0 atom stereocenters. The molecule has 1 aromatic carbocycles. The predicted molar refractivity (Wildman–Crippen MR) is 51.9 cm³/mol. The Bertz CT molecular complexity index is 348. The highest BCUT2D eigenvalue weighted by atomic mass is 32.2. The van der Waals surface area contributed by atoms with Gasteiger partial charge in [0.2, 0.25) is 0 Å². The van der Waals surface area contributed by atoms with Gasteiger partial charge in [-0.3, -0.25) is 0 Å². The van der Waals surface area contributed by atoms with E-state index in [-0.39, 0.29) is 0 Å². The number of aromatic nitrogens is 2. The molecule has 1 radical (unpaired) electrons. The molecule has 0 amide bonds. The number of benzene rings is 1. The van der Waals surface area contributed by atoms with Crippen molar-refractivity contribution in [2.24, 2.45) is 0 Å². The van der Waals surface area contributed by atoms with Crippen LogP contribution < -0.4 is 0 Å². The monoisotopic (exact) mass is 177 g/mol. The first-order valence-corrected chi connectivity index (χ1v) is 4.67. The van der Waals surface area contributed by atoms with Crippen LogP contribution in [-0.4, -0.2) is 9.97 Å². The van der Waals surface area contributed by atoms with Gasteiger partial charge in [-0.2, -0.15) is 0 Å². The third-order valence-corrected chi connectivity index (χ3v) is 2.25. The van der Waals surface area contributed by atoms with Crippen molar-refractivity contribution < 1.29 is 0 Å². The molecule has 0 aliphatic rings. The summed E-state index contributed by atoms with van der Waals surface area (Å²) in [5, 5.41) is 0.957. The Kier molecular flexibility index (Phi) is 2.04.